The number of Topliss-reactive ketones (excluding diaryl/α,β-unsaturated/α-hetero) is 1. The van der Waals surface area contributed by atoms with Crippen molar-refractivity contribution in [1.82, 2.24) is 0 Å². The number of ketones is 1. The fraction of sp³-hybridized carbons (Fsp3) is 0.615. The van der Waals surface area contributed by atoms with E-state index in [1.807, 2.05) is 12.1 Å². The van der Waals surface area contributed by atoms with Crippen LogP contribution < -0.4 is 0 Å². The van der Waals surface area contributed by atoms with Crippen LogP contribution in [-0.4, -0.2) is 34.2 Å². The van der Waals surface area contributed by atoms with Gasteiger partial charge in [0.2, 0.25) is 0 Å². The number of thiophene rings is 1. The summed E-state index contributed by atoms with van der Waals surface area (Å²) in [5.74, 6) is 0.179. The maximum absolute atomic E-state index is 12.1. The Labute approximate surface area is 114 Å². The van der Waals surface area contributed by atoms with Crippen LogP contribution in [0, 0.1) is 0 Å². The fourth-order valence-electron chi connectivity index (χ4n) is 1.97. The largest absolute Gasteiger partial charge is 0.381 e. The Kier molecular flexibility index (Phi) is 5.09. The molecule has 0 amide bonds. The molecular formula is C13H18O3S2. The molecule has 0 spiro atoms. The standard InChI is InChI=1S/C13H18O3S2/c1-2-10-3-4-13(17-10)12(14)9-18(15)11-5-7-16-8-6-11/h3-4,11H,2,5-9H2,1H3. The maximum Gasteiger partial charge on any atom is 0.185 e. The zero-order chi connectivity index (χ0) is 13.0. The summed E-state index contributed by atoms with van der Waals surface area (Å²) in [6, 6.07) is 3.84. The third kappa shape index (κ3) is 3.49. The van der Waals surface area contributed by atoms with E-state index in [2.05, 4.69) is 6.92 Å². The van der Waals surface area contributed by atoms with Crippen LogP contribution >= 0.6 is 11.3 Å². The second kappa shape index (κ2) is 6.59. The summed E-state index contributed by atoms with van der Waals surface area (Å²) in [5, 5.41) is 0.133. The molecule has 2 heterocycles. The van der Waals surface area contributed by atoms with Crippen LogP contribution in [0.4, 0.5) is 0 Å². The molecule has 0 bridgehead atoms. The van der Waals surface area contributed by atoms with Gasteiger partial charge in [-0.25, -0.2) is 0 Å². The number of carbonyl (C=O) groups excluding carboxylic acids is 1. The number of ether oxygens (including phenoxy) is 1. The van der Waals surface area contributed by atoms with Crippen LogP contribution in [0.25, 0.3) is 0 Å². The van der Waals surface area contributed by atoms with E-state index in [9.17, 15) is 9.00 Å². The first-order valence-corrected chi connectivity index (χ1v) is 8.47. The van der Waals surface area contributed by atoms with Gasteiger partial charge in [-0.2, -0.15) is 0 Å². The minimum absolute atomic E-state index is 0.0181. The molecule has 3 nitrogen and oxygen atoms in total. The molecule has 1 fully saturated rings. The Morgan fingerprint density at radius 1 is 1.44 bits per heavy atom. The lowest BCUT2D eigenvalue weighted by atomic mass is 10.2. The summed E-state index contributed by atoms with van der Waals surface area (Å²) < 4.78 is 17.3. The third-order valence-corrected chi connectivity index (χ3v) is 6.13. The van der Waals surface area contributed by atoms with E-state index in [1.54, 1.807) is 0 Å². The summed E-state index contributed by atoms with van der Waals surface area (Å²) in [6.45, 7) is 3.41. The minimum atomic E-state index is -1.05. The minimum Gasteiger partial charge on any atom is -0.381 e. The van der Waals surface area contributed by atoms with Gasteiger partial charge in [-0.3, -0.25) is 9.00 Å². The SMILES string of the molecule is CCc1ccc(C(=O)CS(=O)C2CCOCC2)s1. The molecule has 1 unspecified atom stereocenters. The Morgan fingerprint density at radius 2 is 2.17 bits per heavy atom. The van der Waals surface area contributed by atoms with Crippen molar-refractivity contribution in [1.29, 1.82) is 0 Å². The van der Waals surface area contributed by atoms with Crippen molar-refractivity contribution in [3.05, 3.63) is 21.9 Å². The fourth-order valence-corrected chi connectivity index (χ4v) is 4.32. The van der Waals surface area contributed by atoms with E-state index in [0.29, 0.717) is 13.2 Å². The van der Waals surface area contributed by atoms with E-state index in [-0.39, 0.29) is 16.8 Å². The summed E-state index contributed by atoms with van der Waals surface area (Å²) >= 11 is 1.52. The Balaban J connectivity index is 1.91. The summed E-state index contributed by atoms with van der Waals surface area (Å²) in [7, 11) is -1.05. The van der Waals surface area contributed by atoms with Gasteiger partial charge < -0.3 is 4.74 Å². The van der Waals surface area contributed by atoms with Crippen molar-refractivity contribution in [3.63, 3.8) is 0 Å². The zero-order valence-corrected chi connectivity index (χ0v) is 12.1. The molecular weight excluding hydrogens is 268 g/mol. The Bertz CT molecular complexity index is 433. The molecule has 1 saturated heterocycles. The molecule has 1 aliphatic heterocycles. The number of carbonyl (C=O) groups is 1. The van der Waals surface area contributed by atoms with Gasteiger partial charge in [0.25, 0.3) is 0 Å². The van der Waals surface area contributed by atoms with Gasteiger partial charge in [-0.15, -0.1) is 11.3 Å². The van der Waals surface area contributed by atoms with E-state index in [4.69, 9.17) is 4.74 Å². The molecule has 0 N–H and O–H groups in total. The highest BCUT2D eigenvalue weighted by Crippen LogP contribution is 2.19. The second-order valence-electron chi connectivity index (χ2n) is 4.38. The smallest absolute Gasteiger partial charge is 0.185 e. The molecule has 0 aromatic carbocycles. The molecule has 18 heavy (non-hydrogen) atoms. The molecule has 1 atom stereocenters. The molecule has 2 rings (SSSR count). The highest BCUT2D eigenvalue weighted by molar-refractivity contribution is 7.86. The zero-order valence-electron chi connectivity index (χ0n) is 10.5. The summed E-state index contributed by atoms with van der Waals surface area (Å²) in [4.78, 5) is 14.0. The lowest BCUT2D eigenvalue weighted by molar-refractivity contribution is 0.0981. The summed E-state index contributed by atoms with van der Waals surface area (Å²) in [5.41, 5.74) is 0. The highest BCUT2D eigenvalue weighted by Gasteiger charge is 2.23. The van der Waals surface area contributed by atoms with Crippen LogP contribution in [0.1, 0.15) is 34.3 Å². The highest BCUT2D eigenvalue weighted by atomic mass is 32.2. The van der Waals surface area contributed by atoms with Crippen LogP contribution in [0.3, 0.4) is 0 Å². The molecule has 5 heteroatoms. The van der Waals surface area contributed by atoms with Gasteiger partial charge >= 0.3 is 0 Å². The molecule has 0 aliphatic carbocycles. The van der Waals surface area contributed by atoms with E-state index in [1.165, 1.54) is 16.2 Å². The summed E-state index contributed by atoms with van der Waals surface area (Å²) in [6.07, 6.45) is 2.57. The predicted octanol–water partition coefficient (Wildman–Crippen LogP) is 2.42. The topological polar surface area (TPSA) is 43.4 Å². The van der Waals surface area contributed by atoms with E-state index < -0.39 is 10.8 Å². The Hall–Kier alpha value is -0.520. The molecule has 100 valence electrons. The normalized spacial score (nSPS) is 18.7. The van der Waals surface area contributed by atoms with Crippen LogP contribution in [0.2, 0.25) is 0 Å². The molecule has 0 saturated carbocycles. The molecule has 1 aliphatic rings. The van der Waals surface area contributed by atoms with Crippen molar-refractivity contribution in [2.75, 3.05) is 19.0 Å². The van der Waals surface area contributed by atoms with Crippen molar-refractivity contribution in [3.8, 4) is 0 Å². The average Bonchev–Trinajstić information content (AvgIpc) is 2.88. The monoisotopic (exact) mass is 286 g/mol. The van der Waals surface area contributed by atoms with Crippen molar-refractivity contribution in [2.24, 2.45) is 0 Å². The maximum atomic E-state index is 12.1. The van der Waals surface area contributed by atoms with E-state index in [0.717, 1.165) is 24.1 Å². The number of hydrogen-bond acceptors (Lipinski definition) is 4. The van der Waals surface area contributed by atoms with Gasteiger partial charge in [0.1, 0.15) is 0 Å². The van der Waals surface area contributed by atoms with Gasteiger partial charge in [0, 0.05) is 34.1 Å². The number of hydrogen-bond donors (Lipinski definition) is 0. The third-order valence-electron chi connectivity index (χ3n) is 3.10. The Morgan fingerprint density at radius 3 is 2.78 bits per heavy atom. The lowest BCUT2D eigenvalue weighted by Crippen LogP contribution is -2.28. The number of aryl methyl sites for hydroxylation is 1. The van der Waals surface area contributed by atoms with Crippen molar-refractivity contribution < 1.29 is 13.7 Å². The van der Waals surface area contributed by atoms with Gasteiger partial charge in [-0.05, 0) is 31.4 Å². The molecule has 1 aromatic rings. The second-order valence-corrected chi connectivity index (χ2v) is 7.26. The van der Waals surface area contributed by atoms with E-state index >= 15 is 0 Å². The average molecular weight is 286 g/mol. The van der Waals surface area contributed by atoms with Crippen LogP contribution in [0.15, 0.2) is 12.1 Å². The van der Waals surface area contributed by atoms with Crippen molar-refractivity contribution >= 4 is 27.9 Å². The lowest BCUT2D eigenvalue weighted by Gasteiger charge is -2.20. The van der Waals surface area contributed by atoms with Crippen LogP contribution in [0.5, 0.6) is 0 Å². The predicted molar refractivity (Wildman–Crippen MR) is 74.9 cm³/mol. The van der Waals surface area contributed by atoms with Crippen LogP contribution in [-0.2, 0) is 22.0 Å². The molecule has 1 aromatic heterocycles. The van der Waals surface area contributed by atoms with Gasteiger partial charge in [-0.1, -0.05) is 6.92 Å². The first-order valence-electron chi connectivity index (χ1n) is 6.27. The molecule has 0 radical (unpaired) electrons. The van der Waals surface area contributed by atoms with Gasteiger partial charge in [0.05, 0.1) is 10.6 Å². The quantitative estimate of drug-likeness (QED) is 0.781. The first kappa shape index (κ1) is 13.9. The van der Waals surface area contributed by atoms with Gasteiger partial charge in [0.15, 0.2) is 5.78 Å². The first-order chi connectivity index (χ1) is 8.70. The van der Waals surface area contributed by atoms with Crippen molar-refractivity contribution in [2.45, 2.75) is 31.4 Å². The number of rotatable bonds is 5.